The van der Waals surface area contributed by atoms with E-state index in [1.807, 2.05) is 24.3 Å². The molecule has 43 heavy (non-hydrogen) atoms. The number of rotatable bonds is 3. The molecule has 0 aliphatic heterocycles. The Bertz CT molecular complexity index is 2190. The highest BCUT2D eigenvalue weighted by molar-refractivity contribution is 5.89. The molecule has 7 aromatic rings. The Hall–Kier alpha value is -5.21. The van der Waals surface area contributed by atoms with Gasteiger partial charge in [0.1, 0.15) is 5.52 Å². The molecule has 2 aliphatic rings. The Labute approximate surface area is 251 Å². The van der Waals surface area contributed by atoms with Crippen molar-refractivity contribution in [3.63, 3.8) is 0 Å². The lowest BCUT2D eigenvalue weighted by Crippen LogP contribution is -2.29. The Balaban J connectivity index is 1.36. The van der Waals surface area contributed by atoms with E-state index in [1.165, 1.54) is 55.6 Å². The van der Waals surface area contributed by atoms with Gasteiger partial charge >= 0.3 is 0 Å². The normalized spacial score (nSPS) is 17.3. The highest BCUT2D eigenvalue weighted by Gasteiger charge is 2.47. The summed E-state index contributed by atoms with van der Waals surface area (Å²) in [4.78, 5) is 4.87. The van der Waals surface area contributed by atoms with Gasteiger partial charge in [0.05, 0.1) is 5.41 Å². The van der Waals surface area contributed by atoms with E-state index in [1.54, 1.807) is 0 Å². The quantitative estimate of drug-likeness (QED) is 0.218. The van der Waals surface area contributed by atoms with Crippen LogP contribution in [0, 0.1) is 0 Å². The van der Waals surface area contributed by atoms with Gasteiger partial charge in [-0.2, -0.15) is 0 Å². The van der Waals surface area contributed by atoms with Crippen molar-refractivity contribution < 1.29 is 4.42 Å². The summed E-state index contributed by atoms with van der Waals surface area (Å²) in [6, 6.07) is 50.7. The minimum absolute atomic E-state index is 0.0964. The summed E-state index contributed by atoms with van der Waals surface area (Å²) < 4.78 is 6.28. The summed E-state index contributed by atoms with van der Waals surface area (Å²) in [5, 5.41) is 0. The Morgan fingerprint density at radius 1 is 0.488 bits per heavy atom. The molecular weight excluding hydrogens is 522 g/mol. The fourth-order valence-corrected chi connectivity index (χ4v) is 7.82. The molecule has 2 heteroatoms. The maximum Gasteiger partial charge on any atom is 0.227 e. The molecule has 2 nitrogen and oxygen atoms in total. The summed E-state index contributed by atoms with van der Waals surface area (Å²) in [6.07, 6.45) is 0. The zero-order valence-corrected chi connectivity index (χ0v) is 24.1. The fourth-order valence-electron chi connectivity index (χ4n) is 7.82. The number of nitrogens with zero attached hydrogens (tertiary/aromatic N) is 1. The topological polar surface area (TPSA) is 26.0 Å². The number of hydrogen-bond donors (Lipinski definition) is 0. The van der Waals surface area contributed by atoms with Gasteiger partial charge in [0.15, 0.2) is 5.58 Å². The summed E-state index contributed by atoms with van der Waals surface area (Å²) in [6.45, 7) is 4.72. The first-order chi connectivity index (χ1) is 21.1. The summed E-state index contributed by atoms with van der Waals surface area (Å²) >= 11 is 0. The smallest absolute Gasteiger partial charge is 0.227 e. The van der Waals surface area contributed by atoms with Gasteiger partial charge in [-0.15, -0.1) is 0 Å². The molecule has 1 atom stereocenters. The van der Waals surface area contributed by atoms with Crippen molar-refractivity contribution >= 4 is 11.1 Å². The second-order valence-electron chi connectivity index (χ2n) is 12.3. The third kappa shape index (κ3) is 3.21. The molecule has 1 heterocycles. The number of oxazole rings is 1. The van der Waals surface area contributed by atoms with E-state index >= 15 is 0 Å². The van der Waals surface area contributed by atoms with Crippen molar-refractivity contribution in [2.24, 2.45) is 0 Å². The third-order valence-corrected chi connectivity index (χ3v) is 9.81. The molecule has 9 rings (SSSR count). The lowest BCUT2D eigenvalue weighted by Gasteiger charge is -2.35. The van der Waals surface area contributed by atoms with Crippen molar-refractivity contribution in [2.75, 3.05) is 0 Å². The fraction of sp³-hybridized carbons (Fsp3) is 0.0976. The van der Waals surface area contributed by atoms with Crippen LogP contribution in [0.1, 0.15) is 47.2 Å². The van der Waals surface area contributed by atoms with Crippen molar-refractivity contribution in [3.05, 3.63) is 173 Å². The molecule has 0 N–H and O–H groups in total. The van der Waals surface area contributed by atoms with Gasteiger partial charge in [-0.05, 0) is 79.9 Å². The second-order valence-corrected chi connectivity index (χ2v) is 12.3. The lowest BCUT2D eigenvalue weighted by atomic mass is 9.66. The third-order valence-electron chi connectivity index (χ3n) is 9.81. The number of aromatic nitrogens is 1. The van der Waals surface area contributed by atoms with Crippen LogP contribution in [0.4, 0.5) is 0 Å². The van der Waals surface area contributed by atoms with E-state index in [0.717, 1.165) is 16.7 Å². The van der Waals surface area contributed by atoms with E-state index in [4.69, 9.17) is 9.40 Å². The Morgan fingerprint density at radius 3 is 1.93 bits per heavy atom. The number of benzene rings is 6. The van der Waals surface area contributed by atoms with Gasteiger partial charge in [0.25, 0.3) is 0 Å². The van der Waals surface area contributed by atoms with Crippen LogP contribution in [0.3, 0.4) is 0 Å². The first-order valence-corrected chi connectivity index (χ1v) is 15.0. The standard InChI is InChI=1S/C41H29NO/c1-40(2)33-16-8-6-14-29(33)31-23-21-28(25-35(31)40)41(27-12-4-3-5-13-27)34-17-9-7-15-30(34)32-22-20-26(24-36(32)41)39-42-37-18-10-11-19-38(37)43-39/h3-25H,1-2H3. The van der Waals surface area contributed by atoms with Crippen molar-refractivity contribution in [1.82, 2.24) is 4.98 Å². The molecule has 204 valence electrons. The minimum atomic E-state index is -0.505. The average molecular weight is 552 g/mol. The lowest BCUT2D eigenvalue weighted by molar-refractivity contribution is 0.619. The molecule has 0 saturated carbocycles. The van der Waals surface area contributed by atoms with Gasteiger partial charge in [-0.25, -0.2) is 4.98 Å². The SMILES string of the molecule is CC1(C)c2ccccc2-c2ccc(C3(c4ccccc4)c4ccccc4-c4ccc(-c5nc6ccccc6o5)cc43)cc21. The molecule has 0 radical (unpaired) electrons. The zero-order chi connectivity index (χ0) is 28.8. The van der Waals surface area contributed by atoms with Gasteiger partial charge in [0, 0.05) is 11.0 Å². The summed E-state index contributed by atoms with van der Waals surface area (Å²) in [7, 11) is 0. The van der Waals surface area contributed by atoms with E-state index < -0.39 is 5.41 Å². The Morgan fingerprint density at radius 2 is 1.12 bits per heavy atom. The first-order valence-electron chi connectivity index (χ1n) is 15.0. The molecular formula is C41H29NO. The molecule has 6 aromatic carbocycles. The highest BCUT2D eigenvalue weighted by atomic mass is 16.3. The van der Waals surface area contributed by atoms with Crippen LogP contribution in [-0.2, 0) is 10.8 Å². The molecule has 0 amide bonds. The number of hydrogen-bond acceptors (Lipinski definition) is 2. The molecule has 1 aromatic heterocycles. The number of para-hydroxylation sites is 2. The van der Waals surface area contributed by atoms with E-state index in [9.17, 15) is 0 Å². The molecule has 2 aliphatic carbocycles. The maximum atomic E-state index is 6.28. The van der Waals surface area contributed by atoms with Crippen LogP contribution < -0.4 is 0 Å². The highest BCUT2D eigenvalue weighted by Crippen LogP contribution is 2.58. The van der Waals surface area contributed by atoms with Crippen LogP contribution in [0.2, 0.25) is 0 Å². The molecule has 1 unspecified atom stereocenters. The molecule has 0 fully saturated rings. The van der Waals surface area contributed by atoms with Crippen molar-refractivity contribution in [1.29, 1.82) is 0 Å². The van der Waals surface area contributed by atoms with Crippen LogP contribution in [0.5, 0.6) is 0 Å². The average Bonchev–Trinajstić information content (AvgIpc) is 3.69. The molecule has 0 bridgehead atoms. The first kappa shape index (κ1) is 24.4. The largest absolute Gasteiger partial charge is 0.436 e. The van der Waals surface area contributed by atoms with E-state index in [-0.39, 0.29) is 5.41 Å². The van der Waals surface area contributed by atoms with Crippen LogP contribution in [0.25, 0.3) is 44.8 Å². The van der Waals surface area contributed by atoms with Gasteiger partial charge in [-0.1, -0.05) is 129 Å². The van der Waals surface area contributed by atoms with Gasteiger partial charge in [-0.3, -0.25) is 0 Å². The predicted molar refractivity (Wildman–Crippen MR) is 174 cm³/mol. The van der Waals surface area contributed by atoms with Crippen LogP contribution >= 0.6 is 0 Å². The van der Waals surface area contributed by atoms with Crippen molar-refractivity contribution in [3.8, 4) is 33.7 Å². The van der Waals surface area contributed by atoms with E-state index in [2.05, 4.69) is 129 Å². The minimum Gasteiger partial charge on any atom is -0.436 e. The second kappa shape index (κ2) is 8.65. The van der Waals surface area contributed by atoms with Crippen LogP contribution in [0.15, 0.2) is 144 Å². The van der Waals surface area contributed by atoms with Crippen LogP contribution in [-0.4, -0.2) is 4.98 Å². The predicted octanol–water partition coefficient (Wildman–Crippen LogP) is 10.2. The van der Waals surface area contributed by atoms with Gasteiger partial charge < -0.3 is 4.42 Å². The van der Waals surface area contributed by atoms with E-state index in [0.29, 0.717) is 5.89 Å². The maximum absolute atomic E-state index is 6.28. The Kier molecular flexibility index (Phi) is 4.91. The molecule has 0 saturated heterocycles. The summed E-state index contributed by atoms with van der Waals surface area (Å²) in [5.74, 6) is 0.646. The summed E-state index contributed by atoms with van der Waals surface area (Å²) in [5.41, 5.74) is 15.1. The monoisotopic (exact) mass is 551 g/mol. The number of fused-ring (bicyclic) bond motifs is 7. The molecule has 0 spiro atoms. The van der Waals surface area contributed by atoms with Gasteiger partial charge in [0.2, 0.25) is 5.89 Å². The zero-order valence-electron chi connectivity index (χ0n) is 24.1. The van der Waals surface area contributed by atoms with Crippen molar-refractivity contribution in [2.45, 2.75) is 24.7 Å².